The predicted molar refractivity (Wildman–Crippen MR) is 208 cm³/mol. The van der Waals surface area contributed by atoms with Gasteiger partial charge < -0.3 is 28.9 Å². The number of carbonyl (C=O) groups is 2. The number of phenols is 1. The van der Waals surface area contributed by atoms with E-state index in [1.54, 1.807) is 54.5 Å². The Balaban J connectivity index is 1.30. The third-order valence-corrected chi connectivity index (χ3v) is 10.9. The van der Waals surface area contributed by atoms with Crippen LogP contribution in [0.4, 0.5) is 5.69 Å². The molecule has 11 heteroatoms. The molecule has 4 aromatic carbocycles. The zero-order valence-electron chi connectivity index (χ0n) is 30.6. The number of aromatic nitrogens is 1. The number of hydrogen-bond acceptors (Lipinski definition) is 7. The van der Waals surface area contributed by atoms with Gasteiger partial charge in [0.15, 0.2) is 0 Å². The number of nitriles is 1. The molecule has 2 amide bonds. The normalized spacial score (nSPS) is 15.7. The van der Waals surface area contributed by atoms with E-state index in [-0.39, 0.29) is 40.7 Å². The standard InChI is InChI=1S/C43H42ClN5O5/c1-28-36(42(51)48(33-12-14-35(50)15-13-33)26-31-10-6-7-11-41(31)53-3)23-40(46(28)2)37-22-39(44)32(24-45)21-38(37)43(52)49-25-30-9-5-4-8-29(30)20-34(49)27-47-16-18-54-19-17-47/h4-15,21-23,34,50H,16-20,25-27H2,1-3H3/t34-/m0/s1. The first-order valence-electron chi connectivity index (χ1n) is 18.0. The fourth-order valence-electron chi connectivity index (χ4n) is 7.51. The first-order valence-corrected chi connectivity index (χ1v) is 18.4. The first kappa shape index (κ1) is 36.7. The number of hydrogen-bond donors (Lipinski definition) is 1. The monoisotopic (exact) mass is 743 g/mol. The number of morpholine rings is 1. The molecule has 1 atom stereocenters. The van der Waals surface area contributed by atoms with Gasteiger partial charge in [-0.25, -0.2) is 0 Å². The lowest BCUT2D eigenvalue weighted by molar-refractivity contribution is 0.0193. The van der Waals surface area contributed by atoms with Crippen LogP contribution in [-0.4, -0.2) is 77.3 Å². The summed E-state index contributed by atoms with van der Waals surface area (Å²) in [7, 11) is 3.44. The van der Waals surface area contributed by atoms with E-state index in [2.05, 4.69) is 23.1 Å². The molecular weight excluding hydrogens is 702 g/mol. The van der Waals surface area contributed by atoms with Crippen molar-refractivity contribution in [2.45, 2.75) is 32.5 Å². The molecule has 0 radical (unpaired) electrons. The van der Waals surface area contributed by atoms with Crippen molar-refractivity contribution in [1.82, 2.24) is 14.4 Å². The fourth-order valence-corrected chi connectivity index (χ4v) is 7.72. The number of nitrogens with zero attached hydrogens (tertiary/aromatic N) is 5. The molecule has 0 spiro atoms. The van der Waals surface area contributed by atoms with E-state index in [4.69, 9.17) is 21.1 Å². The number of fused-ring (bicyclic) bond motifs is 1. The zero-order valence-corrected chi connectivity index (χ0v) is 31.3. The van der Waals surface area contributed by atoms with Crippen LogP contribution in [-0.2, 0) is 31.3 Å². The fraction of sp³-hybridized carbons (Fsp3) is 0.279. The van der Waals surface area contributed by atoms with Crippen LogP contribution in [0.2, 0.25) is 5.02 Å². The van der Waals surface area contributed by atoms with Crippen molar-refractivity contribution >= 4 is 29.1 Å². The van der Waals surface area contributed by atoms with Crippen LogP contribution >= 0.6 is 11.6 Å². The largest absolute Gasteiger partial charge is 0.508 e. The Morgan fingerprint density at radius 3 is 2.41 bits per heavy atom. The van der Waals surface area contributed by atoms with E-state index >= 15 is 0 Å². The van der Waals surface area contributed by atoms with Gasteiger partial charge in [0, 0.05) is 67.5 Å². The van der Waals surface area contributed by atoms with Crippen molar-refractivity contribution in [1.29, 1.82) is 5.26 Å². The van der Waals surface area contributed by atoms with Gasteiger partial charge in [0.05, 0.1) is 48.6 Å². The average Bonchev–Trinajstić information content (AvgIpc) is 3.49. The molecule has 1 N–H and O–H groups in total. The second-order valence-corrected chi connectivity index (χ2v) is 14.2. The number of aromatic hydroxyl groups is 1. The lowest BCUT2D eigenvalue weighted by Gasteiger charge is -2.40. The lowest BCUT2D eigenvalue weighted by atomic mass is 9.91. The van der Waals surface area contributed by atoms with Crippen LogP contribution in [0.25, 0.3) is 11.3 Å². The van der Waals surface area contributed by atoms with E-state index in [1.165, 1.54) is 5.56 Å². The van der Waals surface area contributed by atoms with Crippen molar-refractivity contribution in [3.63, 3.8) is 0 Å². The highest BCUT2D eigenvalue weighted by molar-refractivity contribution is 6.32. The summed E-state index contributed by atoms with van der Waals surface area (Å²) >= 11 is 6.71. The number of para-hydroxylation sites is 1. The van der Waals surface area contributed by atoms with Crippen molar-refractivity contribution in [3.05, 3.63) is 135 Å². The van der Waals surface area contributed by atoms with Gasteiger partial charge in [-0.3, -0.25) is 14.5 Å². The Labute approximate surface area is 320 Å². The van der Waals surface area contributed by atoms with Crippen molar-refractivity contribution < 1.29 is 24.2 Å². The second kappa shape index (κ2) is 15.8. The summed E-state index contributed by atoms with van der Waals surface area (Å²) in [5.74, 6) is 0.236. The molecule has 2 aliphatic rings. The molecule has 5 aromatic rings. The Kier molecular flexibility index (Phi) is 10.7. The van der Waals surface area contributed by atoms with Crippen LogP contribution < -0.4 is 9.64 Å². The smallest absolute Gasteiger partial charge is 0.260 e. The van der Waals surface area contributed by atoms with Crippen molar-refractivity contribution in [2.75, 3.05) is 44.9 Å². The number of halogens is 1. The number of benzene rings is 4. The quantitative estimate of drug-likeness (QED) is 0.173. The number of methoxy groups -OCH3 is 1. The summed E-state index contributed by atoms with van der Waals surface area (Å²) in [6, 6.07) is 29.3. The van der Waals surface area contributed by atoms with Crippen LogP contribution in [0.15, 0.2) is 91.0 Å². The Morgan fingerprint density at radius 2 is 1.69 bits per heavy atom. The molecule has 0 aliphatic carbocycles. The van der Waals surface area contributed by atoms with E-state index in [0.717, 1.165) is 24.2 Å². The topological polar surface area (TPSA) is 111 Å². The van der Waals surface area contributed by atoms with Crippen molar-refractivity contribution in [3.8, 4) is 28.8 Å². The summed E-state index contributed by atoms with van der Waals surface area (Å²) in [6.07, 6.45) is 0.703. The van der Waals surface area contributed by atoms with Gasteiger partial charge in [0.2, 0.25) is 0 Å². The minimum atomic E-state index is -0.281. The highest BCUT2D eigenvalue weighted by Crippen LogP contribution is 2.36. The number of carbonyl (C=O) groups excluding carboxylic acids is 2. The molecule has 54 heavy (non-hydrogen) atoms. The highest BCUT2D eigenvalue weighted by Gasteiger charge is 2.34. The molecule has 10 nitrogen and oxygen atoms in total. The molecule has 0 unspecified atom stereocenters. The number of amides is 2. The van der Waals surface area contributed by atoms with Crippen LogP contribution in [0.1, 0.15) is 48.7 Å². The molecule has 0 saturated carbocycles. The zero-order chi connectivity index (χ0) is 37.9. The summed E-state index contributed by atoms with van der Waals surface area (Å²) in [6.45, 7) is 6.08. The maximum Gasteiger partial charge on any atom is 0.260 e. The van der Waals surface area contributed by atoms with Crippen LogP contribution in [0.3, 0.4) is 0 Å². The van der Waals surface area contributed by atoms with E-state index in [0.29, 0.717) is 72.2 Å². The average molecular weight is 744 g/mol. The highest BCUT2D eigenvalue weighted by atomic mass is 35.5. The van der Waals surface area contributed by atoms with E-state index in [1.807, 2.05) is 59.8 Å². The molecule has 2 aliphatic heterocycles. The first-order chi connectivity index (χ1) is 26.2. The second-order valence-electron chi connectivity index (χ2n) is 13.8. The van der Waals surface area contributed by atoms with Gasteiger partial charge in [-0.1, -0.05) is 54.1 Å². The van der Waals surface area contributed by atoms with Gasteiger partial charge in [0.1, 0.15) is 17.6 Å². The summed E-state index contributed by atoms with van der Waals surface area (Å²) in [5, 5.41) is 20.3. The summed E-state index contributed by atoms with van der Waals surface area (Å²) < 4.78 is 13.1. The number of rotatable bonds is 9. The van der Waals surface area contributed by atoms with Crippen LogP contribution in [0.5, 0.6) is 11.5 Å². The lowest BCUT2D eigenvalue weighted by Crippen LogP contribution is -2.52. The van der Waals surface area contributed by atoms with Crippen molar-refractivity contribution in [2.24, 2.45) is 7.05 Å². The third-order valence-electron chi connectivity index (χ3n) is 10.6. The minimum absolute atomic E-state index is 0.0842. The minimum Gasteiger partial charge on any atom is -0.508 e. The molecular formula is C43H42ClN5O5. The molecule has 1 saturated heterocycles. The van der Waals surface area contributed by atoms with Gasteiger partial charge in [-0.2, -0.15) is 5.26 Å². The van der Waals surface area contributed by atoms with Crippen LogP contribution in [0, 0.1) is 18.3 Å². The molecule has 1 fully saturated rings. The van der Waals surface area contributed by atoms with E-state index in [9.17, 15) is 20.0 Å². The number of anilines is 1. The summed E-state index contributed by atoms with van der Waals surface area (Å²) in [4.78, 5) is 35.6. The molecule has 1 aromatic heterocycles. The van der Waals surface area contributed by atoms with Gasteiger partial charge in [0.25, 0.3) is 11.8 Å². The molecule has 0 bridgehead atoms. The molecule has 3 heterocycles. The summed E-state index contributed by atoms with van der Waals surface area (Å²) in [5.41, 5.74) is 6.47. The predicted octanol–water partition coefficient (Wildman–Crippen LogP) is 6.99. The maximum absolute atomic E-state index is 15.0. The Bertz CT molecular complexity index is 2240. The third kappa shape index (κ3) is 7.31. The SMILES string of the molecule is COc1ccccc1CN(C(=O)c1cc(-c2cc(Cl)c(C#N)cc2C(=O)N2Cc3ccccc3C[C@H]2CN2CCOCC2)n(C)c1C)c1ccc(O)cc1. The van der Waals surface area contributed by atoms with Gasteiger partial charge >= 0.3 is 0 Å². The van der Waals surface area contributed by atoms with E-state index < -0.39 is 0 Å². The maximum atomic E-state index is 15.0. The molecule has 276 valence electrons. The Hall–Kier alpha value is -5.60. The number of phenolic OH excluding ortho intramolecular Hbond substituents is 1. The van der Waals surface area contributed by atoms with Gasteiger partial charge in [-0.05, 0) is 73.0 Å². The number of ether oxygens (including phenoxy) is 2. The Morgan fingerprint density at radius 1 is 0.981 bits per heavy atom. The molecule has 7 rings (SSSR count). The van der Waals surface area contributed by atoms with Gasteiger partial charge in [-0.15, -0.1) is 0 Å².